The minimum absolute atomic E-state index is 0.110. The molecule has 0 radical (unpaired) electrons. The maximum absolute atomic E-state index is 13.0. The average Bonchev–Trinajstić information content (AvgIpc) is 2.85. The van der Waals surface area contributed by atoms with Crippen molar-refractivity contribution >= 4 is 11.8 Å². The van der Waals surface area contributed by atoms with Gasteiger partial charge >= 0.3 is 0 Å². The fourth-order valence-corrected chi connectivity index (χ4v) is 4.80. The Balaban J connectivity index is 1.47. The number of benzene rings is 2. The van der Waals surface area contributed by atoms with Crippen molar-refractivity contribution in [1.82, 2.24) is 10.2 Å². The molecule has 3 rings (SSSR count). The first-order valence-corrected chi connectivity index (χ1v) is 12.2. The summed E-state index contributed by atoms with van der Waals surface area (Å²) in [5.41, 5.74) is 2.47. The molecule has 0 bridgehead atoms. The quantitative estimate of drug-likeness (QED) is 0.536. The molecule has 3 atom stereocenters. The fraction of sp³-hybridized carbons (Fsp3) is 0.500. The summed E-state index contributed by atoms with van der Waals surface area (Å²) in [6.07, 6.45) is 5.07. The second-order valence-electron chi connectivity index (χ2n) is 9.09. The zero-order chi connectivity index (χ0) is 22.8. The SMILES string of the molecule is CC[C@H](CC(=O)NC[C@@H]1CCCN(C(=O)C[C@@H](CC)c2ccccc2)C1)c1ccccc1. The largest absolute Gasteiger partial charge is 0.356 e. The third kappa shape index (κ3) is 6.94. The molecule has 0 saturated carbocycles. The number of amides is 2. The van der Waals surface area contributed by atoms with E-state index in [1.54, 1.807) is 0 Å². The van der Waals surface area contributed by atoms with Gasteiger partial charge in [-0.2, -0.15) is 0 Å². The van der Waals surface area contributed by atoms with Gasteiger partial charge in [0.2, 0.25) is 11.8 Å². The summed E-state index contributed by atoms with van der Waals surface area (Å²) in [7, 11) is 0. The molecule has 0 aromatic heterocycles. The van der Waals surface area contributed by atoms with Crippen LogP contribution in [-0.2, 0) is 9.59 Å². The van der Waals surface area contributed by atoms with Gasteiger partial charge in [-0.15, -0.1) is 0 Å². The first-order valence-electron chi connectivity index (χ1n) is 12.2. The maximum atomic E-state index is 13.0. The lowest BCUT2D eigenvalue weighted by Crippen LogP contribution is -2.44. The molecule has 1 N–H and O–H groups in total. The van der Waals surface area contributed by atoms with E-state index in [-0.39, 0.29) is 23.7 Å². The van der Waals surface area contributed by atoms with E-state index >= 15 is 0 Å². The number of carbonyl (C=O) groups is 2. The third-order valence-corrected chi connectivity index (χ3v) is 6.84. The van der Waals surface area contributed by atoms with Crippen molar-refractivity contribution in [2.75, 3.05) is 19.6 Å². The number of hydrogen-bond donors (Lipinski definition) is 1. The second-order valence-corrected chi connectivity index (χ2v) is 9.09. The normalized spacial score (nSPS) is 18.1. The van der Waals surface area contributed by atoms with Crippen molar-refractivity contribution in [3.05, 3.63) is 71.8 Å². The van der Waals surface area contributed by atoms with Gasteiger partial charge < -0.3 is 10.2 Å². The van der Waals surface area contributed by atoms with E-state index < -0.39 is 0 Å². The van der Waals surface area contributed by atoms with E-state index in [9.17, 15) is 9.59 Å². The molecule has 1 fully saturated rings. The Kier molecular flexibility index (Phi) is 9.33. The fourth-order valence-electron chi connectivity index (χ4n) is 4.80. The van der Waals surface area contributed by atoms with Gasteiger partial charge in [0.15, 0.2) is 0 Å². The summed E-state index contributed by atoms with van der Waals surface area (Å²) in [6.45, 7) is 6.53. The molecule has 1 saturated heterocycles. The molecule has 32 heavy (non-hydrogen) atoms. The van der Waals surface area contributed by atoms with Gasteiger partial charge in [0.05, 0.1) is 0 Å². The summed E-state index contributed by atoms with van der Waals surface area (Å²) in [5.74, 6) is 1.22. The van der Waals surface area contributed by atoms with Crippen LogP contribution in [0.25, 0.3) is 0 Å². The van der Waals surface area contributed by atoms with E-state index in [1.807, 2.05) is 41.3 Å². The van der Waals surface area contributed by atoms with Crippen molar-refractivity contribution in [2.24, 2.45) is 5.92 Å². The van der Waals surface area contributed by atoms with Crippen molar-refractivity contribution in [3.8, 4) is 0 Å². The molecule has 0 aliphatic carbocycles. The summed E-state index contributed by atoms with van der Waals surface area (Å²) in [5, 5.41) is 3.15. The molecular formula is C28H38N2O2. The molecule has 1 aliphatic heterocycles. The minimum atomic E-state index is 0.110. The van der Waals surface area contributed by atoms with Gasteiger partial charge in [-0.3, -0.25) is 9.59 Å². The van der Waals surface area contributed by atoms with Crippen LogP contribution in [0.3, 0.4) is 0 Å². The highest BCUT2D eigenvalue weighted by molar-refractivity contribution is 5.78. The number of carbonyl (C=O) groups excluding carboxylic acids is 2. The van der Waals surface area contributed by atoms with Crippen LogP contribution < -0.4 is 5.32 Å². The molecule has 0 spiro atoms. The van der Waals surface area contributed by atoms with Gasteiger partial charge in [-0.25, -0.2) is 0 Å². The Labute approximate surface area is 193 Å². The Morgan fingerprint density at radius 2 is 1.47 bits per heavy atom. The molecule has 172 valence electrons. The number of hydrogen-bond acceptors (Lipinski definition) is 2. The first-order chi connectivity index (χ1) is 15.6. The summed E-state index contributed by atoms with van der Waals surface area (Å²) in [6, 6.07) is 20.6. The molecule has 2 aromatic rings. The molecule has 2 amide bonds. The number of nitrogens with one attached hydrogen (secondary N) is 1. The molecule has 1 aliphatic rings. The van der Waals surface area contributed by atoms with Gasteiger partial charge in [-0.05, 0) is 54.6 Å². The highest BCUT2D eigenvalue weighted by Crippen LogP contribution is 2.26. The zero-order valence-corrected chi connectivity index (χ0v) is 19.6. The van der Waals surface area contributed by atoms with E-state index in [1.165, 1.54) is 11.1 Å². The van der Waals surface area contributed by atoms with Gasteiger partial charge in [-0.1, -0.05) is 74.5 Å². The molecule has 2 aromatic carbocycles. The van der Waals surface area contributed by atoms with Gasteiger partial charge in [0.1, 0.15) is 0 Å². The van der Waals surface area contributed by atoms with Crippen LogP contribution in [0.15, 0.2) is 60.7 Å². The van der Waals surface area contributed by atoms with Crippen molar-refractivity contribution < 1.29 is 9.59 Å². The van der Waals surface area contributed by atoms with Crippen molar-refractivity contribution in [3.63, 3.8) is 0 Å². The van der Waals surface area contributed by atoms with Gasteiger partial charge in [0.25, 0.3) is 0 Å². The van der Waals surface area contributed by atoms with Crippen molar-refractivity contribution in [1.29, 1.82) is 0 Å². The summed E-state index contributed by atoms with van der Waals surface area (Å²) >= 11 is 0. The van der Waals surface area contributed by atoms with Crippen molar-refractivity contribution in [2.45, 2.75) is 64.2 Å². The summed E-state index contributed by atoms with van der Waals surface area (Å²) < 4.78 is 0. The monoisotopic (exact) mass is 434 g/mol. The number of nitrogens with zero attached hydrogens (tertiary/aromatic N) is 1. The first kappa shape index (κ1) is 24.0. The Morgan fingerprint density at radius 1 is 0.906 bits per heavy atom. The van der Waals surface area contributed by atoms with Gasteiger partial charge in [0, 0.05) is 32.5 Å². The standard InChI is InChI=1S/C28H38N2O2/c1-3-23(25-13-7-5-8-14-25)18-27(31)29-20-22-12-11-17-30(21-22)28(32)19-24(4-2)26-15-9-6-10-16-26/h5-10,13-16,22-24H,3-4,11-12,17-21H2,1-2H3,(H,29,31)/t22-,23+,24+/m0/s1. The average molecular weight is 435 g/mol. The van der Waals surface area contributed by atoms with Crippen LogP contribution in [0.4, 0.5) is 0 Å². The van der Waals surface area contributed by atoms with E-state index in [4.69, 9.17) is 0 Å². The maximum Gasteiger partial charge on any atom is 0.223 e. The predicted molar refractivity (Wildman–Crippen MR) is 130 cm³/mol. The number of rotatable bonds is 10. The van der Waals surface area contributed by atoms with Crippen LogP contribution in [0, 0.1) is 5.92 Å². The molecule has 1 heterocycles. The highest BCUT2D eigenvalue weighted by atomic mass is 16.2. The Bertz CT molecular complexity index is 837. The second kappa shape index (κ2) is 12.4. The molecule has 4 heteroatoms. The smallest absolute Gasteiger partial charge is 0.223 e. The van der Waals surface area contributed by atoms with E-state index in [0.29, 0.717) is 25.3 Å². The Morgan fingerprint density at radius 3 is 2.03 bits per heavy atom. The molecular weight excluding hydrogens is 396 g/mol. The summed E-state index contributed by atoms with van der Waals surface area (Å²) in [4.78, 5) is 27.6. The van der Waals surface area contributed by atoms with Crippen LogP contribution in [0.5, 0.6) is 0 Å². The van der Waals surface area contributed by atoms with Crippen LogP contribution in [0.2, 0.25) is 0 Å². The lowest BCUT2D eigenvalue weighted by molar-refractivity contribution is -0.133. The lowest BCUT2D eigenvalue weighted by Gasteiger charge is -2.34. The van der Waals surface area contributed by atoms with Crippen LogP contribution in [-0.4, -0.2) is 36.3 Å². The minimum Gasteiger partial charge on any atom is -0.356 e. The van der Waals surface area contributed by atoms with Crippen LogP contribution >= 0.6 is 0 Å². The zero-order valence-electron chi connectivity index (χ0n) is 19.6. The third-order valence-electron chi connectivity index (χ3n) is 6.84. The van der Waals surface area contributed by atoms with E-state index in [0.717, 1.165) is 38.8 Å². The molecule has 0 unspecified atom stereocenters. The predicted octanol–water partition coefficient (Wildman–Crippen LogP) is 5.51. The highest BCUT2D eigenvalue weighted by Gasteiger charge is 2.26. The number of piperidine rings is 1. The van der Waals surface area contributed by atoms with E-state index in [2.05, 4.69) is 43.4 Å². The lowest BCUT2D eigenvalue weighted by atomic mass is 9.91. The number of likely N-dealkylation sites (tertiary alicyclic amines) is 1. The molecule has 4 nitrogen and oxygen atoms in total. The Hall–Kier alpha value is -2.62. The topological polar surface area (TPSA) is 49.4 Å². The van der Waals surface area contributed by atoms with Crippen LogP contribution in [0.1, 0.15) is 75.3 Å².